The summed E-state index contributed by atoms with van der Waals surface area (Å²) in [5.74, 6) is 0.638. The Hall–Kier alpha value is -8.08. The van der Waals surface area contributed by atoms with E-state index in [0.29, 0.717) is 5.92 Å². The van der Waals surface area contributed by atoms with Gasteiger partial charge in [-0.1, -0.05) is 140 Å². The second-order valence-electron chi connectivity index (χ2n) is 17.4. The number of aromatic nitrogens is 1. The van der Waals surface area contributed by atoms with Crippen LogP contribution in [-0.4, -0.2) is 10.6 Å². The molecule has 0 spiro atoms. The highest BCUT2D eigenvalue weighted by atomic mass is 15.2. The van der Waals surface area contributed by atoms with Gasteiger partial charge in [0.05, 0.1) is 17.1 Å². The molecular formula is C61H48N4. The lowest BCUT2D eigenvalue weighted by molar-refractivity contribution is 0.670. The maximum Gasteiger partial charge on any atom is 0.0629 e. The van der Waals surface area contributed by atoms with Crippen LogP contribution < -0.4 is 14.7 Å². The summed E-state index contributed by atoms with van der Waals surface area (Å²) in [4.78, 5) is 7.34. The van der Waals surface area contributed by atoms with Gasteiger partial charge in [-0.15, -0.1) is 0 Å². The van der Waals surface area contributed by atoms with Gasteiger partial charge < -0.3 is 19.3 Å². The minimum Gasteiger partial charge on any atom is -0.333 e. The molecule has 1 aliphatic heterocycles. The summed E-state index contributed by atoms with van der Waals surface area (Å²) in [6.45, 7) is 2.33. The highest BCUT2D eigenvalue weighted by molar-refractivity contribution is 6.10. The largest absolute Gasteiger partial charge is 0.333 e. The lowest BCUT2D eigenvalue weighted by Gasteiger charge is -2.32. The fourth-order valence-corrected chi connectivity index (χ4v) is 10.4. The van der Waals surface area contributed by atoms with Crippen molar-refractivity contribution in [1.82, 2.24) is 4.57 Å². The molecule has 2 heterocycles. The molecule has 0 saturated heterocycles. The number of fused-ring (bicyclic) bond motifs is 6. The van der Waals surface area contributed by atoms with Gasteiger partial charge >= 0.3 is 0 Å². The van der Waals surface area contributed by atoms with E-state index < -0.39 is 0 Å². The standard InChI is InChI=1S/C61H48N4/c1-43-17-11-14-26-57(43)63(52-38-40-61-56(42-52)54-25-13-16-28-59(54)65(61)48-22-9-4-10-23-48)50-35-31-45(32-36-50)44-29-33-49(34-30-44)62(46-18-5-2-6-19-46)51-37-39-60-55(41-51)53-24-12-15-27-58(53)64(60)47-20-7-3-8-21-47/h2-16,18-43,53,58H,17H2,1H3. The summed E-state index contributed by atoms with van der Waals surface area (Å²) in [6, 6.07) is 73.4. The molecule has 0 saturated carbocycles. The third-order valence-electron chi connectivity index (χ3n) is 13.5. The van der Waals surface area contributed by atoms with E-state index in [2.05, 4.69) is 269 Å². The van der Waals surface area contributed by atoms with Crippen LogP contribution in [0.3, 0.4) is 0 Å². The van der Waals surface area contributed by atoms with E-state index in [9.17, 15) is 0 Å². The molecule has 4 heteroatoms. The Morgan fingerprint density at radius 1 is 0.462 bits per heavy atom. The molecule has 0 radical (unpaired) electrons. The SMILES string of the molecule is CC1CC=CC=C1N(c1ccc(-c2ccc(N(c3ccccc3)c3ccc4c(c3)C3C=CC=CC3N4c3ccccc3)cc2)cc1)c1ccc2c(c1)c1ccccc1n2-c1ccccc1. The first-order valence-electron chi connectivity index (χ1n) is 22.8. The zero-order valence-electron chi connectivity index (χ0n) is 36.3. The smallest absolute Gasteiger partial charge is 0.0629 e. The predicted molar refractivity (Wildman–Crippen MR) is 274 cm³/mol. The second kappa shape index (κ2) is 16.2. The average Bonchev–Trinajstić information content (AvgIpc) is 3.88. The van der Waals surface area contributed by atoms with Gasteiger partial charge in [-0.2, -0.15) is 0 Å². The number of allylic oxidation sites excluding steroid dienone is 6. The van der Waals surface area contributed by atoms with Crippen molar-refractivity contribution in [1.29, 1.82) is 0 Å². The van der Waals surface area contributed by atoms with Crippen molar-refractivity contribution < 1.29 is 0 Å². The van der Waals surface area contributed by atoms with E-state index in [0.717, 1.165) is 34.9 Å². The van der Waals surface area contributed by atoms with Crippen molar-refractivity contribution in [2.45, 2.75) is 25.3 Å². The van der Waals surface area contributed by atoms with Crippen LogP contribution in [0.25, 0.3) is 38.6 Å². The maximum atomic E-state index is 2.49. The van der Waals surface area contributed by atoms with Crippen molar-refractivity contribution in [2.75, 3.05) is 14.7 Å². The van der Waals surface area contributed by atoms with Crippen LogP contribution in [0, 0.1) is 5.92 Å². The van der Waals surface area contributed by atoms with E-state index in [1.54, 1.807) is 0 Å². The molecule has 3 atom stereocenters. The molecule has 2 aliphatic carbocycles. The minimum absolute atomic E-state index is 0.243. The van der Waals surface area contributed by atoms with Crippen LogP contribution in [0.15, 0.2) is 248 Å². The van der Waals surface area contributed by atoms with Crippen molar-refractivity contribution in [2.24, 2.45) is 5.92 Å². The van der Waals surface area contributed by atoms with Gasteiger partial charge in [0.25, 0.3) is 0 Å². The van der Waals surface area contributed by atoms with Gasteiger partial charge in [0.1, 0.15) is 0 Å². The molecule has 9 aromatic rings. The number of rotatable bonds is 9. The monoisotopic (exact) mass is 836 g/mol. The van der Waals surface area contributed by atoms with Gasteiger partial charge in [0.15, 0.2) is 0 Å². The Balaban J connectivity index is 0.888. The number of benzene rings is 8. The molecule has 0 amide bonds. The molecule has 0 bridgehead atoms. The second-order valence-corrected chi connectivity index (χ2v) is 17.4. The fourth-order valence-electron chi connectivity index (χ4n) is 10.4. The zero-order valence-corrected chi connectivity index (χ0v) is 36.3. The summed E-state index contributed by atoms with van der Waals surface area (Å²) >= 11 is 0. The van der Waals surface area contributed by atoms with Gasteiger partial charge in [-0.3, -0.25) is 0 Å². The third-order valence-corrected chi connectivity index (χ3v) is 13.5. The van der Waals surface area contributed by atoms with Gasteiger partial charge in [0, 0.05) is 73.8 Å². The molecule has 1 aromatic heterocycles. The van der Waals surface area contributed by atoms with Crippen molar-refractivity contribution in [3.63, 3.8) is 0 Å². The topological polar surface area (TPSA) is 14.7 Å². The lowest BCUT2D eigenvalue weighted by atomic mass is 9.91. The molecule has 12 rings (SSSR count). The van der Waals surface area contributed by atoms with E-state index in [1.807, 2.05) is 0 Å². The Morgan fingerprint density at radius 2 is 1.03 bits per heavy atom. The molecule has 312 valence electrons. The van der Waals surface area contributed by atoms with Crippen LogP contribution in [0.1, 0.15) is 24.8 Å². The van der Waals surface area contributed by atoms with E-state index in [4.69, 9.17) is 0 Å². The number of hydrogen-bond acceptors (Lipinski definition) is 3. The lowest BCUT2D eigenvalue weighted by Crippen LogP contribution is -2.28. The number of para-hydroxylation sites is 4. The van der Waals surface area contributed by atoms with E-state index in [-0.39, 0.29) is 12.0 Å². The molecule has 0 N–H and O–H groups in total. The number of hydrogen-bond donors (Lipinski definition) is 0. The van der Waals surface area contributed by atoms with Crippen molar-refractivity contribution in [3.05, 3.63) is 254 Å². The van der Waals surface area contributed by atoms with Crippen molar-refractivity contribution >= 4 is 61.6 Å². The summed E-state index contributed by atoms with van der Waals surface area (Å²) < 4.78 is 2.38. The van der Waals surface area contributed by atoms with E-state index >= 15 is 0 Å². The minimum atomic E-state index is 0.243. The van der Waals surface area contributed by atoms with Gasteiger partial charge in [-0.25, -0.2) is 0 Å². The maximum absolute atomic E-state index is 2.49. The highest BCUT2D eigenvalue weighted by Gasteiger charge is 2.38. The average molecular weight is 837 g/mol. The first kappa shape index (κ1) is 38.6. The van der Waals surface area contributed by atoms with Crippen LogP contribution >= 0.6 is 0 Å². The molecule has 3 aliphatic rings. The van der Waals surface area contributed by atoms with Crippen LogP contribution in [-0.2, 0) is 0 Å². The summed E-state index contributed by atoms with van der Waals surface area (Å²) in [7, 11) is 0. The Kier molecular flexibility index (Phi) is 9.64. The van der Waals surface area contributed by atoms with Crippen molar-refractivity contribution in [3.8, 4) is 16.8 Å². The van der Waals surface area contributed by atoms with Crippen LogP contribution in [0.5, 0.6) is 0 Å². The fraction of sp³-hybridized carbons (Fsp3) is 0.0820. The molecule has 0 fully saturated rings. The highest BCUT2D eigenvalue weighted by Crippen LogP contribution is 2.50. The van der Waals surface area contributed by atoms with Crippen LogP contribution in [0.2, 0.25) is 0 Å². The summed E-state index contributed by atoms with van der Waals surface area (Å²) in [5, 5.41) is 2.50. The molecule has 4 nitrogen and oxygen atoms in total. The summed E-state index contributed by atoms with van der Waals surface area (Å²) in [6.07, 6.45) is 16.9. The number of nitrogens with zero attached hydrogens (tertiary/aromatic N) is 4. The van der Waals surface area contributed by atoms with Gasteiger partial charge in [0.2, 0.25) is 0 Å². The molecule has 3 unspecified atom stereocenters. The molecule has 8 aromatic carbocycles. The Bertz CT molecular complexity index is 3310. The van der Waals surface area contributed by atoms with Gasteiger partial charge in [-0.05, 0) is 132 Å². The number of anilines is 7. The third kappa shape index (κ3) is 6.77. The normalized spacial score (nSPS) is 17.3. The summed E-state index contributed by atoms with van der Waals surface area (Å²) in [5.41, 5.74) is 16.8. The molecule has 65 heavy (non-hydrogen) atoms. The predicted octanol–water partition coefficient (Wildman–Crippen LogP) is 16.3. The van der Waals surface area contributed by atoms with Crippen LogP contribution in [0.4, 0.5) is 39.8 Å². The zero-order chi connectivity index (χ0) is 43.3. The Labute approximate surface area is 381 Å². The van der Waals surface area contributed by atoms with E-state index in [1.165, 1.54) is 61.3 Å². The Morgan fingerprint density at radius 3 is 1.75 bits per heavy atom. The quantitative estimate of drug-likeness (QED) is 0.144. The molecular weight excluding hydrogens is 789 g/mol. The first-order chi connectivity index (χ1) is 32.2. The first-order valence-corrected chi connectivity index (χ1v) is 22.8.